The van der Waals surface area contributed by atoms with E-state index in [0.29, 0.717) is 17.0 Å². The van der Waals surface area contributed by atoms with Gasteiger partial charge in [-0.2, -0.15) is 0 Å². The summed E-state index contributed by atoms with van der Waals surface area (Å²) in [5.74, 6) is 0.593. The first kappa shape index (κ1) is 14.4. The van der Waals surface area contributed by atoms with E-state index in [-0.39, 0.29) is 11.4 Å². The Morgan fingerprint density at radius 3 is 2.50 bits per heavy atom. The Labute approximate surface area is 118 Å². The lowest BCUT2D eigenvalue weighted by Crippen LogP contribution is -2.23. The van der Waals surface area contributed by atoms with Crippen molar-refractivity contribution in [3.63, 3.8) is 0 Å². The molecule has 0 aromatic heterocycles. The third-order valence-corrected chi connectivity index (χ3v) is 4.23. The molecule has 0 spiro atoms. The number of rotatable bonds is 5. The van der Waals surface area contributed by atoms with Crippen LogP contribution in [-0.2, 0) is 16.6 Å². The van der Waals surface area contributed by atoms with Gasteiger partial charge in [0.15, 0.2) is 0 Å². The van der Waals surface area contributed by atoms with E-state index in [0.717, 1.165) is 0 Å². The van der Waals surface area contributed by atoms with Crippen molar-refractivity contribution in [2.45, 2.75) is 11.4 Å². The van der Waals surface area contributed by atoms with E-state index in [1.165, 1.54) is 7.11 Å². The van der Waals surface area contributed by atoms with Gasteiger partial charge in [-0.3, -0.25) is 0 Å². The lowest BCUT2D eigenvalue weighted by Gasteiger charge is -2.11. The summed E-state index contributed by atoms with van der Waals surface area (Å²) in [6.07, 6.45) is 0. The number of sulfonamides is 1. The molecule has 0 unspecified atom stereocenters. The largest absolute Gasteiger partial charge is 0.496 e. The minimum Gasteiger partial charge on any atom is -0.496 e. The maximum Gasteiger partial charge on any atom is 0.240 e. The Kier molecular flexibility index (Phi) is 4.26. The van der Waals surface area contributed by atoms with E-state index in [1.807, 2.05) is 0 Å². The SMILES string of the molecule is COc1ccc(N)cc1CNS(=O)(=O)c1ccccc1. The Bertz CT molecular complexity index is 685. The number of nitrogen functional groups attached to an aromatic ring is 1. The van der Waals surface area contributed by atoms with Crippen molar-refractivity contribution in [1.29, 1.82) is 0 Å². The van der Waals surface area contributed by atoms with Gasteiger partial charge < -0.3 is 10.5 Å². The van der Waals surface area contributed by atoms with E-state index in [1.54, 1.807) is 48.5 Å². The van der Waals surface area contributed by atoms with Crippen molar-refractivity contribution in [3.8, 4) is 5.75 Å². The van der Waals surface area contributed by atoms with Crippen LogP contribution >= 0.6 is 0 Å². The van der Waals surface area contributed by atoms with Gasteiger partial charge in [-0.25, -0.2) is 13.1 Å². The number of nitrogens with two attached hydrogens (primary N) is 1. The van der Waals surface area contributed by atoms with Gasteiger partial charge in [-0.15, -0.1) is 0 Å². The number of ether oxygens (including phenoxy) is 1. The first-order valence-electron chi connectivity index (χ1n) is 6.00. The fourth-order valence-electron chi connectivity index (χ4n) is 1.79. The normalized spacial score (nSPS) is 11.2. The van der Waals surface area contributed by atoms with Crippen LogP contribution in [0.15, 0.2) is 53.4 Å². The summed E-state index contributed by atoms with van der Waals surface area (Å²) < 4.78 is 31.9. The van der Waals surface area contributed by atoms with Crippen LogP contribution < -0.4 is 15.2 Å². The minimum absolute atomic E-state index is 0.117. The topological polar surface area (TPSA) is 81.4 Å². The molecule has 0 radical (unpaired) electrons. The molecule has 0 heterocycles. The van der Waals surface area contributed by atoms with E-state index in [4.69, 9.17) is 10.5 Å². The number of methoxy groups -OCH3 is 1. The van der Waals surface area contributed by atoms with Crippen molar-refractivity contribution in [2.24, 2.45) is 0 Å². The van der Waals surface area contributed by atoms with Gasteiger partial charge in [0.2, 0.25) is 10.0 Å². The highest BCUT2D eigenvalue weighted by Crippen LogP contribution is 2.21. The molecule has 3 N–H and O–H groups in total. The first-order chi connectivity index (χ1) is 9.53. The van der Waals surface area contributed by atoms with Crippen molar-refractivity contribution in [1.82, 2.24) is 4.72 Å². The lowest BCUT2D eigenvalue weighted by molar-refractivity contribution is 0.409. The van der Waals surface area contributed by atoms with E-state index >= 15 is 0 Å². The van der Waals surface area contributed by atoms with Gasteiger partial charge in [-0.1, -0.05) is 18.2 Å². The number of benzene rings is 2. The maximum absolute atomic E-state index is 12.1. The van der Waals surface area contributed by atoms with Crippen molar-refractivity contribution >= 4 is 15.7 Å². The van der Waals surface area contributed by atoms with Crippen LogP contribution in [0.25, 0.3) is 0 Å². The van der Waals surface area contributed by atoms with Gasteiger partial charge >= 0.3 is 0 Å². The van der Waals surface area contributed by atoms with Gasteiger partial charge in [-0.05, 0) is 30.3 Å². The average molecular weight is 292 g/mol. The molecule has 5 nitrogen and oxygen atoms in total. The van der Waals surface area contributed by atoms with Crippen LogP contribution in [0, 0.1) is 0 Å². The molecular weight excluding hydrogens is 276 g/mol. The molecule has 0 saturated heterocycles. The second-order valence-corrected chi connectivity index (χ2v) is 5.98. The molecule has 0 bridgehead atoms. The van der Waals surface area contributed by atoms with E-state index in [9.17, 15) is 8.42 Å². The van der Waals surface area contributed by atoms with Crippen LogP contribution in [-0.4, -0.2) is 15.5 Å². The summed E-state index contributed by atoms with van der Waals surface area (Å²) in [7, 11) is -2.01. The molecule has 106 valence electrons. The number of nitrogens with one attached hydrogen (secondary N) is 1. The highest BCUT2D eigenvalue weighted by atomic mass is 32.2. The summed E-state index contributed by atoms with van der Waals surface area (Å²) in [4.78, 5) is 0.225. The summed E-state index contributed by atoms with van der Waals surface area (Å²) in [6, 6.07) is 13.3. The monoisotopic (exact) mass is 292 g/mol. The Morgan fingerprint density at radius 2 is 1.85 bits per heavy atom. The molecule has 0 fully saturated rings. The number of hydrogen-bond donors (Lipinski definition) is 2. The van der Waals surface area contributed by atoms with Crippen LogP contribution in [0.5, 0.6) is 5.75 Å². The molecule has 2 aromatic carbocycles. The van der Waals surface area contributed by atoms with Crippen molar-refractivity contribution in [3.05, 3.63) is 54.1 Å². The fourth-order valence-corrected chi connectivity index (χ4v) is 2.82. The molecule has 0 saturated carbocycles. The predicted molar refractivity (Wildman–Crippen MR) is 77.9 cm³/mol. The molecule has 0 amide bonds. The molecule has 20 heavy (non-hydrogen) atoms. The molecule has 0 aliphatic heterocycles. The Balaban J connectivity index is 2.19. The first-order valence-corrected chi connectivity index (χ1v) is 7.48. The summed E-state index contributed by atoms with van der Waals surface area (Å²) in [6.45, 7) is 0.117. The van der Waals surface area contributed by atoms with Crippen LogP contribution in [0.4, 0.5) is 5.69 Å². The van der Waals surface area contributed by atoms with E-state index < -0.39 is 10.0 Å². The molecule has 2 rings (SSSR count). The highest BCUT2D eigenvalue weighted by Gasteiger charge is 2.14. The van der Waals surface area contributed by atoms with Crippen molar-refractivity contribution < 1.29 is 13.2 Å². The lowest BCUT2D eigenvalue weighted by atomic mass is 10.2. The quantitative estimate of drug-likeness (QED) is 0.823. The zero-order valence-corrected chi connectivity index (χ0v) is 11.9. The standard InChI is InChI=1S/C14H16N2O3S/c1-19-14-8-7-12(15)9-11(14)10-16-20(17,18)13-5-3-2-4-6-13/h2-9,16H,10,15H2,1H3. The maximum atomic E-state index is 12.1. The second-order valence-electron chi connectivity index (χ2n) is 4.21. The smallest absolute Gasteiger partial charge is 0.240 e. The summed E-state index contributed by atoms with van der Waals surface area (Å²) in [5.41, 5.74) is 6.94. The third-order valence-electron chi connectivity index (χ3n) is 2.81. The van der Waals surface area contributed by atoms with Gasteiger partial charge in [0, 0.05) is 17.8 Å². The Hall–Kier alpha value is -2.05. The molecule has 0 aliphatic rings. The molecule has 0 atom stereocenters. The van der Waals surface area contributed by atoms with Crippen LogP contribution in [0.1, 0.15) is 5.56 Å². The number of anilines is 1. The number of hydrogen-bond acceptors (Lipinski definition) is 4. The van der Waals surface area contributed by atoms with Crippen LogP contribution in [0.3, 0.4) is 0 Å². The second kappa shape index (κ2) is 5.94. The molecule has 6 heteroatoms. The zero-order valence-electron chi connectivity index (χ0n) is 11.0. The van der Waals surface area contributed by atoms with Gasteiger partial charge in [0.05, 0.1) is 12.0 Å². The van der Waals surface area contributed by atoms with Crippen LogP contribution in [0.2, 0.25) is 0 Å². The fraction of sp³-hybridized carbons (Fsp3) is 0.143. The van der Waals surface area contributed by atoms with Gasteiger partial charge in [0.1, 0.15) is 5.75 Å². The molecular formula is C14H16N2O3S. The van der Waals surface area contributed by atoms with Gasteiger partial charge in [0.25, 0.3) is 0 Å². The zero-order chi connectivity index (χ0) is 14.6. The summed E-state index contributed by atoms with van der Waals surface area (Å²) in [5, 5.41) is 0. The average Bonchev–Trinajstić information content (AvgIpc) is 2.46. The third kappa shape index (κ3) is 3.28. The molecule has 2 aromatic rings. The Morgan fingerprint density at radius 1 is 1.15 bits per heavy atom. The van der Waals surface area contributed by atoms with E-state index in [2.05, 4.69) is 4.72 Å². The molecule has 0 aliphatic carbocycles. The highest BCUT2D eigenvalue weighted by molar-refractivity contribution is 7.89. The predicted octanol–water partition coefficient (Wildman–Crippen LogP) is 1.76. The van der Waals surface area contributed by atoms with Crippen molar-refractivity contribution in [2.75, 3.05) is 12.8 Å². The summed E-state index contributed by atoms with van der Waals surface area (Å²) >= 11 is 0. The minimum atomic E-state index is -3.54.